The number of pyridine rings is 1. The number of nitrogens with one attached hydrogen (secondary N) is 1. The van der Waals surface area contributed by atoms with Gasteiger partial charge in [0.25, 0.3) is 0 Å². The molecule has 1 saturated heterocycles. The van der Waals surface area contributed by atoms with Crippen LogP contribution >= 0.6 is 0 Å². The molecule has 0 unspecified atom stereocenters. The lowest BCUT2D eigenvalue weighted by Gasteiger charge is -2.34. The van der Waals surface area contributed by atoms with E-state index in [1.807, 2.05) is 20.8 Å². The van der Waals surface area contributed by atoms with Gasteiger partial charge >= 0.3 is 6.09 Å². The second kappa shape index (κ2) is 7.32. The van der Waals surface area contributed by atoms with E-state index in [1.54, 1.807) is 23.2 Å². The first-order chi connectivity index (χ1) is 10.9. The van der Waals surface area contributed by atoms with Crippen LogP contribution < -0.4 is 5.32 Å². The van der Waals surface area contributed by atoms with Crippen molar-refractivity contribution in [3.05, 3.63) is 23.9 Å². The van der Waals surface area contributed by atoms with E-state index in [-0.39, 0.29) is 6.09 Å². The summed E-state index contributed by atoms with van der Waals surface area (Å²) in [6.07, 6.45) is 3.41. The summed E-state index contributed by atoms with van der Waals surface area (Å²) >= 11 is 0. The van der Waals surface area contributed by atoms with E-state index in [2.05, 4.69) is 16.4 Å². The zero-order valence-corrected chi connectivity index (χ0v) is 14.0. The van der Waals surface area contributed by atoms with Gasteiger partial charge in [0, 0.05) is 25.8 Å². The normalized spacial score (nSPS) is 18.2. The van der Waals surface area contributed by atoms with Crippen molar-refractivity contribution in [2.24, 2.45) is 5.92 Å². The minimum atomic E-state index is -0.474. The van der Waals surface area contributed by atoms with Gasteiger partial charge in [-0.1, -0.05) is 0 Å². The Hall–Kier alpha value is -2.29. The summed E-state index contributed by atoms with van der Waals surface area (Å²) in [7, 11) is 0. The van der Waals surface area contributed by atoms with Gasteiger partial charge in [-0.25, -0.2) is 9.78 Å². The molecule has 6 nitrogen and oxygen atoms in total. The molecule has 1 aliphatic heterocycles. The van der Waals surface area contributed by atoms with Crippen LogP contribution in [0.4, 0.5) is 10.6 Å². The molecular formula is C17H24N4O2. The molecule has 0 bridgehead atoms. The maximum atomic E-state index is 12.2. The van der Waals surface area contributed by atoms with Crippen molar-refractivity contribution in [2.45, 2.75) is 39.2 Å². The quantitative estimate of drug-likeness (QED) is 0.927. The number of anilines is 1. The Bertz CT molecular complexity index is 589. The number of hydrogen-bond acceptors (Lipinski definition) is 5. The molecule has 6 heteroatoms. The minimum absolute atomic E-state index is 0.252. The number of nitrogens with zero attached hydrogens (tertiary/aromatic N) is 3. The van der Waals surface area contributed by atoms with Crippen LogP contribution in [0.25, 0.3) is 0 Å². The summed E-state index contributed by atoms with van der Waals surface area (Å²) in [6, 6.07) is 5.61. The summed E-state index contributed by atoms with van der Waals surface area (Å²) < 4.78 is 5.44. The fourth-order valence-electron chi connectivity index (χ4n) is 2.60. The number of hydrogen-bond donors (Lipinski definition) is 1. The number of aromatic nitrogens is 1. The maximum absolute atomic E-state index is 12.2. The fourth-order valence-corrected chi connectivity index (χ4v) is 2.60. The Morgan fingerprint density at radius 3 is 3.04 bits per heavy atom. The average Bonchev–Trinajstić information content (AvgIpc) is 2.52. The molecule has 0 radical (unpaired) electrons. The standard InChI is InChI=1S/C17H24N4O2/c1-17(2,3)23-16(22)21-9-5-6-13(12-21)11-20-15-14(10-18)7-4-8-19-15/h4,7-8,13H,5-6,9,11-12H2,1-3H3,(H,19,20)/t13-/m1/s1. The van der Waals surface area contributed by atoms with Gasteiger partial charge in [0.2, 0.25) is 0 Å². The van der Waals surface area contributed by atoms with Crippen molar-refractivity contribution in [1.82, 2.24) is 9.88 Å². The number of likely N-dealkylation sites (tertiary alicyclic amines) is 1. The number of carbonyl (C=O) groups excluding carboxylic acids is 1. The molecular weight excluding hydrogens is 292 g/mol. The molecule has 1 amide bonds. The van der Waals surface area contributed by atoms with Crippen molar-refractivity contribution in [1.29, 1.82) is 5.26 Å². The van der Waals surface area contributed by atoms with Crippen LogP contribution in [0.15, 0.2) is 18.3 Å². The zero-order valence-electron chi connectivity index (χ0n) is 14.0. The van der Waals surface area contributed by atoms with E-state index in [0.29, 0.717) is 30.4 Å². The monoisotopic (exact) mass is 316 g/mol. The third kappa shape index (κ3) is 5.13. The number of piperidine rings is 1. The van der Waals surface area contributed by atoms with Gasteiger partial charge < -0.3 is 15.0 Å². The van der Waals surface area contributed by atoms with E-state index < -0.39 is 5.60 Å². The second-order valence-corrected chi connectivity index (χ2v) is 6.83. The molecule has 1 fully saturated rings. The molecule has 2 heterocycles. The molecule has 1 atom stereocenters. The summed E-state index contributed by atoms with van der Waals surface area (Å²) in [5.41, 5.74) is 0.0603. The van der Waals surface area contributed by atoms with Crippen molar-refractivity contribution < 1.29 is 9.53 Å². The number of carbonyl (C=O) groups is 1. The van der Waals surface area contributed by atoms with Crippen LogP contribution in [-0.4, -0.2) is 41.2 Å². The van der Waals surface area contributed by atoms with E-state index >= 15 is 0 Å². The summed E-state index contributed by atoms with van der Waals surface area (Å²) in [4.78, 5) is 18.1. The van der Waals surface area contributed by atoms with E-state index in [4.69, 9.17) is 10.00 Å². The predicted octanol–water partition coefficient (Wildman–Crippen LogP) is 3.01. The Morgan fingerprint density at radius 2 is 2.35 bits per heavy atom. The zero-order chi connectivity index (χ0) is 16.9. The van der Waals surface area contributed by atoms with E-state index in [1.165, 1.54) is 0 Å². The molecule has 1 aromatic heterocycles. The van der Waals surface area contributed by atoms with E-state index in [0.717, 1.165) is 19.4 Å². The first kappa shape index (κ1) is 17.1. The topological polar surface area (TPSA) is 78.2 Å². The summed E-state index contributed by atoms with van der Waals surface area (Å²) in [6.45, 7) is 7.70. The van der Waals surface area contributed by atoms with Gasteiger partial charge in [-0.3, -0.25) is 0 Å². The third-order valence-corrected chi connectivity index (χ3v) is 3.66. The molecule has 0 saturated carbocycles. The molecule has 1 N–H and O–H groups in total. The molecule has 0 spiro atoms. The fraction of sp³-hybridized carbons (Fsp3) is 0.588. The van der Waals surface area contributed by atoms with Gasteiger partial charge in [0.1, 0.15) is 17.5 Å². The number of rotatable bonds is 3. The average molecular weight is 316 g/mol. The van der Waals surface area contributed by atoms with Gasteiger partial charge in [0.15, 0.2) is 0 Å². The van der Waals surface area contributed by atoms with Gasteiger partial charge in [-0.05, 0) is 51.7 Å². The molecule has 23 heavy (non-hydrogen) atoms. The molecule has 1 aliphatic rings. The smallest absolute Gasteiger partial charge is 0.410 e. The maximum Gasteiger partial charge on any atom is 0.410 e. The van der Waals surface area contributed by atoms with Crippen molar-refractivity contribution >= 4 is 11.9 Å². The Balaban J connectivity index is 1.89. The van der Waals surface area contributed by atoms with Crippen LogP contribution in [0.2, 0.25) is 0 Å². The Labute approximate surface area is 137 Å². The van der Waals surface area contributed by atoms with Gasteiger partial charge in [-0.15, -0.1) is 0 Å². The first-order valence-corrected chi connectivity index (χ1v) is 7.96. The lowest BCUT2D eigenvalue weighted by molar-refractivity contribution is 0.0172. The molecule has 2 rings (SSSR count). The highest BCUT2D eigenvalue weighted by Gasteiger charge is 2.27. The second-order valence-electron chi connectivity index (χ2n) is 6.83. The lowest BCUT2D eigenvalue weighted by Crippen LogP contribution is -2.44. The van der Waals surface area contributed by atoms with E-state index in [9.17, 15) is 4.79 Å². The van der Waals surface area contributed by atoms with Gasteiger partial charge in [0.05, 0.1) is 5.56 Å². The molecule has 0 aromatic carbocycles. The first-order valence-electron chi connectivity index (χ1n) is 7.96. The SMILES string of the molecule is CC(C)(C)OC(=O)N1CCC[C@H](CNc2ncccc2C#N)C1. The largest absolute Gasteiger partial charge is 0.444 e. The number of ether oxygens (including phenoxy) is 1. The summed E-state index contributed by atoms with van der Waals surface area (Å²) in [5.74, 6) is 0.925. The number of nitriles is 1. The Kier molecular flexibility index (Phi) is 5.43. The van der Waals surface area contributed by atoms with Crippen LogP contribution in [0, 0.1) is 17.2 Å². The van der Waals surface area contributed by atoms with Gasteiger partial charge in [-0.2, -0.15) is 5.26 Å². The highest BCUT2D eigenvalue weighted by atomic mass is 16.6. The van der Waals surface area contributed by atoms with Crippen molar-refractivity contribution in [3.8, 4) is 6.07 Å². The van der Waals surface area contributed by atoms with Crippen LogP contribution in [0.3, 0.4) is 0 Å². The number of amides is 1. The highest BCUT2D eigenvalue weighted by Crippen LogP contribution is 2.20. The van der Waals surface area contributed by atoms with Crippen LogP contribution in [0.5, 0.6) is 0 Å². The molecule has 0 aliphatic carbocycles. The summed E-state index contributed by atoms with van der Waals surface area (Å²) in [5, 5.41) is 12.3. The Morgan fingerprint density at radius 1 is 1.57 bits per heavy atom. The molecule has 1 aromatic rings. The van der Waals surface area contributed by atoms with Crippen LogP contribution in [0.1, 0.15) is 39.2 Å². The predicted molar refractivity (Wildman–Crippen MR) is 88.0 cm³/mol. The van der Waals surface area contributed by atoms with Crippen LogP contribution in [-0.2, 0) is 4.74 Å². The minimum Gasteiger partial charge on any atom is -0.444 e. The molecule has 124 valence electrons. The van der Waals surface area contributed by atoms with Crippen molar-refractivity contribution in [3.63, 3.8) is 0 Å². The highest BCUT2D eigenvalue weighted by molar-refractivity contribution is 5.68. The third-order valence-electron chi connectivity index (χ3n) is 3.66. The lowest BCUT2D eigenvalue weighted by atomic mass is 9.98. The van der Waals surface area contributed by atoms with Crippen molar-refractivity contribution in [2.75, 3.05) is 25.0 Å².